The lowest BCUT2D eigenvalue weighted by atomic mass is 10.1. The zero-order valence-electron chi connectivity index (χ0n) is 8.73. The highest BCUT2D eigenvalue weighted by Gasteiger charge is 2.43. The minimum absolute atomic E-state index is 0.560. The van der Waals surface area contributed by atoms with Gasteiger partial charge in [0.05, 0.1) is 17.5 Å². The average molecular weight is 305 g/mol. The van der Waals surface area contributed by atoms with E-state index in [-0.39, 0.29) is 0 Å². The van der Waals surface area contributed by atoms with Gasteiger partial charge in [-0.15, -0.1) is 13.2 Å². The molecule has 0 spiro atoms. The van der Waals surface area contributed by atoms with E-state index in [1.807, 2.05) is 0 Å². The molecule has 0 N–H and O–H groups in total. The number of halogens is 7. The van der Waals surface area contributed by atoms with Crippen LogP contribution in [-0.4, -0.2) is 11.3 Å². The molecule has 0 fully saturated rings. The standard InChI is InChI=1S/C9H3ClF6N2O/c10-5-3-18-7(19-9(14,15)16)6(8(11,12)13)4(5)1-2-17/h3H,1H2. The van der Waals surface area contributed by atoms with E-state index >= 15 is 0 Å². The van der Waals surface area contributed by atoms with Gasteiger partial charge in [0.1, 0.15) is 5.56 Å². The van der Waals surface area contributed by atoms with E-state index in [0.29, 0.717) is 6.20 Å². The van der Waals surface area contributed by atoms with Gasteiger partial charge in [0.2, 0.25) is 5.88 Å². The summed E-state index contributed by atoms with van der Waals surface area (Å²) in [5, 5.41) is 7.83. The zero-order valence-corrected chi connectivity index (χ0v) is 9.49. The molecule has 19 heavy (non-hydrogen) atoms. The quantitative estimate of drug-likeness (QED) is 0.782. The van der Waals surface area contributed by atoms with Crippen molar-refractivity contribution in [1.29, 1.82) is 5.26 Å². The Morgan fingerprint density at radius 3 is 2.26 bits per heavy atom. The number of nitrogens with zero attached hydrogens (tertiary/aromatic N) is 2. The number of alkyl halides is 6. The van der Waals surface area contributed by atoms with Crippen molar-refractivity contribution in [2.75, 3.05) is 0 Å². The van der Waals surface area contributed by atoms with E-state index in [9.17, 15) is 26.3 Å². The third-order valence-corrected chi connectivity index (χ3v) is 2.18. The molecule has 0 saturated carbocycles. The van der Waals surface area contributed by atoms with Crippen LogP contribution in [0.4, 0.5) is 26.3 Å². The number of aromatic nitrogens is 1. The molecule has 1 aromatic heterocycles. The van der Waals surface area contributed by atoms with E-state index in [0.717, 1.165) is 0 Å². The van der Waals surface area contributed by atoms with Crippen molar-refractivity contribution < 1.29 is 31.1 Å². The molecule has 0 aromatic carbocycles. The number of nitriles is 1. The van der Waals surface area contributed by atoms with E-state index in [2.05, 4.69) is 9.72 Å². The molecular formula is C9H3ClF6N2O. The molecule has 0 aliphatic heterocycles. The fourth-order valence-electron chi connectivity index (χ4n) is 1.24. The Labute approximate surface area is 107 Å². The van der Waals surface area contributed by atoms with Gasteiger partial charge in [0.25, 0.3) is 0 Å². The first kappa shape index (κ1) is 15.4. The molecule has 3 nitrogen and oxygen atoms in total. The van der Waals surface area contributed by atoms with Crippen molar-refractivity contribution in [1.82, 2.24) is 4.98 Å². The SMILES string of the molecule is N#CCc1c(Cl)cnc(OC(F)(F)F)c1C(F)(F)F. The molecule has 0 aliphatic rings. The Bertz CT molecular complexity index is 519. The van der Waals surface area contributed by atoms with Crippen LogP contribution in [0.25, 0.3) is 0 Å². The monoisotopic (exact) mass is 304 g/mol. The first-order valence-corrected chi connectivity index (χ1v) is 4.81. The molecule has 0 bridgehead atoms. The fourth-order valence-corrected chi connectivity index (χ4v) is 1.45. The second kappa shape index (κ2) is 5.13. The normalized spacial score (nSPS) is 12.1. The van der Waals surface area contributed by atoms with Crippen LogP contribution < -0.4 is 4.74 Å². The molecule has 104 valence electrons. The average Bonchev–Trinajstić information content (AvgIpc) is 2.19. The first-order valence-electron chi connectivity index (χ1n) is 4.43. The summed E-state index contributed by atoms with van der Waals surface area (Å²) < 4.78 is 77.4. The van der Waals surface area contributed by atoms with Crippen molar-refractivity contribution in [3.05, 3.63) is 22.3 Å². The summed E-state index contributed by atoms with van der Waals surface area (Å²) >= 11 is 5.41. The Hall–Kier alpha value is -1.69. The van der Waals surface area contributed by atoms with Crippen molar-refractivity contribution in [2.45, 2.75) is 19.0 Å². The summed E-state index contributed by atoms with van der Waals surface area (Å²) in [7, 11) is 0. The summed E-state index contributed by atoms with van der Waals surface area (Å²) in [6.45, 7) is 0. The third kappa shape index (κ3) is 3.89. The number of ether oxygens (including phenoxy) is 1. The van der Waals surface area contributed by atoms with Crippen LogP contribution in [0.1, 0.15) is 11.1 Å². The Morgan fingerprint density at radius 1 is 1.26 bits per heavy atom. The van der Waals surface area contributed by atoms with E-state index in [1.165, 1.54) is 6.07 Å². The van der Waals surface area contributed by atoms with Crippen LogP contribution in [0.3, 0.4) is 0 Å². The molecule has 0 saturated heterocycles. The third-order valence-electron chi connectivity index (χ3n) is 1.85. The first-order chi connectivity index (χ1) is 8.56. The predicted octanol–water partition coefficient (Wildman–Crippen LogP) is 3.72. The second-order valence-corrected chi connectivity index (χ2v) is 3.55. The van der Waals surface area contributed by atoms with Crippen molar-refractivity contribution in [3.63, 3.8) is 0 Å². The van der Waals surface area contributed by atoms with Crippen LogP contribution in [0, 0.1) is 11.3 Å². The van der Waals surface area contributed by atoms with Gasteiger partial charge in [-0.1, -0.05) is 11.6 Å². The van der Waals surface area contributed by atoms with Crippen LogP contribution >= 0.6 is 11.6 Å². The minimum atomic E-state index is -5.34. The lowest BCUT2D eigenvalue weighted by Gasteiger charge is -2.17. The molecule has 1 heterocycles. The predicted molar refractivity (Wildman–Crippen MR) is 50.2 cm³/mol. The van der Waals surface area contributed by atoms with Crippen molar-refractivity contribution in [2.24, 2.45) is 0 Å². The summed E-state index contributed by atoms with van der Waals surface area (Å²) in [6.07, 6.45) is -10.8. The Kier molecular flexibility index (Phi) is 4.15. The molecule has 0 atom stereocenters. The molecule has 10 heteroatoms. The van der Waals surface area contributed by atoms with Crippen LogP contribution in [-0.2, 0) is 12.6 Å². The lowest BCUT2D eigenvalue weighted by molar-refractivity contribution is -0.277. The summed E-state index contributed by atoms with van der Waals surface area (Å²) in [5.41, 5.74) is -2.62. The van der Waals surface area contributed by atoms with Gasteiger partial charge >= 0.3 is 12.5 Å². The molecule has 1 aromatic rings. The summed E-state index contributed by atoms with van der Waals surface area (Å²) in [6, 6.07) is 1.38. The lowest BCUT2D eigenvalue weighted by Crippen LogP contribution is -2.22. The number of hydrogen-bond acceptors (Lipinski definition) is 3. The summed E-state index contributed by atoms with van der Waals surface area (Å²) in [5.74, 6) is -1.69. The smallest absolute Gasteiger partial charge is 0.387 e. The summed E-state index contributed by atoms with van der Waals surface area (Å²) in [4.78, 5) is 2.87. The molecular weight excluding hydrogens is 302 g/mol. The van der Waals surface area contributed by atoms with Crippen LogP contribution in [0.15, 0.2) is 6.20 Å². The minimum Gasteiger partial charge on any atom is -0.387 e. The fraction of sp³-hybridized carbons (Fsp3) is 0.333. The van der Waals surface area contributed by atoms with E-state index < -0.39 is 41.0 Å². The zero-order chi connectivity index (χ0) is 14.8. The topological polar surface area (TPSA) is 45.9 Å². The molecule has 1 rings (SSSR count). The second-order valence-electron chi connectivity index (χ2n) is 3.15. The number of rotatable bonds is 2. The van der Waals surface area contributed by atoms with Gasteiger partial charge in [-0.3, -0.25) is 0 Å². The van der Waals surface area contributed by atoms with Gasteiger partial charge in [0, 0.05) is 11.8 Å². The highest BCUT2D eigenvalue weighted by molar-refractivity contribution is 6.31. The Balaban J connectivity index is 3.48. The maximum absolute atomic E-state index is 12.7. The van der Waals surface area contributed by atoms with Gasteiger partial charge in [-0.25, -0.2) is 4.98 Å². The largest absolute Gasteiger partial charge is 0.574 e. The van der Waals surface area contributed by atoms with Gasteiger partial charge in [-0.2, -0.15) is 18.4 Å². The van der Waals surface area contributed by atoms with Gasteiger partial charge in [0.15, 0.2) is 0 Å². The van der Waals surface area contributed by atoms with E-state index in [4.69, 9.17) is 16.9 Å². The molecule has 0 radical (unpaired) electrons. The van der Waals surface area contributed by atoms with Gasteiger partial charge in [-0.05, 0) is 0 Å². The maximum Gasteiger partial charge on any atom is 0.574 e. The maximum atomic E-state index is 12.7. The highest BCUT2D eigenvalue weighted by atomic mass is 35.5. The molecule has 0 amide bonds. The number of pyridine rings is 1. The number of hydrogen-bond donors (Lipinski definition) is 0. The van der Waals surface area contributed by atoms with Crippen LogP contribution in [0.2, 0.25) is 5.02 Å². The Morgan fingerprint density at radius 2 is 1.84 bits per heavy atom. The van der Waals surface area contributed by atoms with Crippen LogP contribution in [0.5, 0.6) is 5.88 Å². The van der Waals surface area contributed by atoms with Gasteiger partial charge < -0.3 is 4.74 Å². The molecule has 0 unspecified atom stereocenters. The van der Waals surface area contributed by atoms with Crippen molar-refractivity contribution >= 4 is 11.6 Å². The van der Waals surface area contributed by atoms with E-state index in [1.54, 1.807) is 0 Å². The van der Waals surface area contributed by atoms with Crippen molar-refractivity contribution in [3.8, 4) is 11.9 Å². The molecule has 0 aliphatic carbocycles. The highest BCUT2D eigenvalue weighted by Crippen LogP contribution is 2.41.